The summed E-state index contributed by atoms with van der Waals surface area (Å²) < 4.78 is 25.5. The van der Waals surface area contributed by atoms with E-state index in [0.717, 1.165) is 5.56 Å². The van der Waals surface area contributed by atoms with E-state index in [-0.39, 0.29) is 0 Å². The van der Waals surface area contributed by atoms with E-state index in [4.69, 9.17) is 0 Å². The Hall–Kier alpha value is -1.13. The SMILES string of the molecule is CC(C)CNS(=O)(=O)C=Cc1ccccc1. The van der Waals surface area contributed by atoms with Crippen molar-refractivity contribution in [3.63, 3.8) is 0 Å². The van der Waals surface area contributed by atoms with E-state index in [1.165, 1.54) is 5.41 Å². The van der Waals surface area contributed by atoms with Crippen LogP contribution >= 0.6 is 0 Å². The summed E-state index contributed by atoms with van der Waals surface area (Å²) in [5.41, 5.74) is 0.873. The maximum absolute atomic E-state index is 11.5. The molecule has 0 saturated carbocycles. The molecule has 3 nitrogen and oxygen atoms in total. The standard InChI is InChI=1S/C12H17NO2S/c1-11(2)10-13-16(14,15)9-8-12-6-4-3-5-7-12/h3-9,11,13H,10H2,1-2H3. The van der Waals surface area contributed by atoms with E-state index in [1.54, 1.807) is 6.08 Å². The third-order valence-electron chi connectivity index (χ3n) is 1.93. The predicted molar refractivity (Wildman–Crippen MR) is 67.2 cm³/mol. The van der Waals surface area contributed by atoms with Crippen LogP contribution in [-0.2, 0) is 10.0 Å². The first-order valence-electron chi connectivity index (χ1n) is 5.22. The largest absolute Gasteiger partial charge is 0.233 e. The molecule has 0 radical (unpaired) electrons. The molecule has 0 atom stereocenters. The van der Waals surface area contributed by atoms with Crippen LogP contribution in [0.5, 0.6) is 0 Å². The molecule has 1 aromatic rings. The lowest BCUT2D eigenvalue weighted by Gasteiger charge is -2.04. The lowest BCUT2D eigenvalue weighted by Crippen LogP contribution is -2.25. The molecule has 0 aliphatic carbocycles. The molecular weight excluding hydrogens is 222 g/mol. The van der Waals surface area contributed by atoms with Gasteiger partial charge in [-0.1, -0.05) is 44.2 Å². The summed E-state index contributed by atoms with van der Waals surface area (Å²) in [4.78, 5) is 0. The average Bonchev–Trinajstić information content (AvgIpc) is 2.26. The summed E-state index contributed by atoms with van der Waals surface area (Å²) in [7, 11) is -3.31. The molecule has 88 valence electrons. The number of rotatable bonds is 5. The number of sulfonamides is 1. The maximum atomic E-state index is 11.5. The quantitative estimate of drug-likeness (QED) is 0.856. The van der Waals surface area contributed by atoms with Gasteiger partial charge < -0.3 is 0 Å². The lowest BCUT2D eigenvalue weighted by atomic mass is 10.2. The second-order valence-electron chi connectivity index (χ2n) is 4.00. The zero-order valence-electron chi connectivity index (χ0n) is 9.55. The molecule has 0 saturated heterocycles. The third-order valence-corrected chi connectivity index (χ3v) is 3.00. The smallest absolute Gasteiger partial charge is 0.211 e. The van der Waals surface area contributed by atoms with Gasteiger partial charge in [0.25, 0.3) is 0 Å². The normalized spacial score (nSPS) is 12.4. The van der Waals surface area contributed by atoms with E-state index >= 15 is 0 Å². The van der Waals surface area contributed by atoms with Crippen molar-refractivity contribution in [3.05, 3.63) is 41.3 Å². The molecule has 0 aliphatic rings. The zero-order chi connectivity index (χ0) is 12.0. The first-order valence-corrected chi connectivity index (χ1v) is 6.77. The first-order chi connectivity index (χ1) is 7.49. The van der Waals surface area contributed by atoms with Gasteiger partial charge in [-0.25, -0.2) is 13.1 Å². The minimum Gasteiger partial charge on any atom is -0.211 e. The fourth-order valence-electron chi connectivity index (χ4n) is 1.06. The summed E-state index contributed by atoms with van der Waals surface area (Å²) in [5.74, 6) is 0.305. The molecule has 1 N–H and O–H groups in total. The summed E-state index contributed by atoms with van der Waals surface area (Å²) in [5, 5.41) is 1.20. The molecular formula is C12H17NO2S. The molecule has 4 heteroatoms. The van der Waals surface area contributed by atoms with Crippen LogP contribution in [-0.4, -0.2) is 15.0 Å². The molecule has 0 bridgehead atoms. The van der Waals surface area contributed by atoms with E-state index in [0.29, 0.717) is 12.5 Å². The fourth-order valence-corrected chi connectivity index (χ4v) is 2.06. The van der Waals surface area contributed by atoms with Crippen molar-refractivity contribution >= 4 is 16.1 Å². The lowest BCUT2D eigenvalue weighted by molar-refractivity contribution is 0.568. The number of hydrogen-bond donors (Lipinski definition) is 1. The number of nitrogens with one attached hydrogen (secondary N) is 1. The van der Waals surface area contributed by atoms with Crippen LogP contribution in [0.25, 0.3) is 6.08 Å². The highest BCUT2D eigenvalue weighted by atomic mass is 32.2. The van der Waals surface area contributed by atoms with Gasteiger partial charge in [-0.2, -0.15) is 0 Å². The minimum atomic E-state index is -3.31. The summed E-state index contributed by atoms with van der Waals surface area (Å²) in [6.45, 7) is 4.38. The highest BCUT2D eigenvalue weighted by Gasteiger charge is 2.04. The molecule has 0 fully saturated rings. The van der Waals surface area contributed by atoms with Crippen LogP contribution in [0.1, 0.15) is 19.4 Å². The molecule has 0 amide bonds. The van der Waals surface area contributed by atoms with Gasteiger partial charge >= 0.3 is 0 Å². The fraction of sp³-hybridized carbons (Fsp3) is 0.333. The molecule has 0 aliphatic heterocycles. The minimum absolute atomic E-state index is 0.305. The Labute approximate surface area is 97.2 Å². The van der Waals surface area contributed by atoms with Gasteiger partial charge in [-0.05, 0) is 17.6 Å². The van der Waals surface area contributed by atoms with Crippen molar-refractivity contribution in [2.24, 2.45) is 5.92 Å². The maximum Gasteiger partial charge on any atom is 0.233 e. The van der Waals surface area contributed by atoms with Crippen LogP contribution in [0.2, 0.25) is 0 Å². The molecule has 0 heterocycles. The van der Waals surface area contributed by atoms with Crippen molar-refractivity contribution in [2.75, 3.05) is 6.54 Å². The Bertz CT molecular complexity index is 435. The zero-order valence-corrected chi connectivity index (χ0v) is 10.4. The Morgan fingerprint density at radius 3 is 2.44 bits per heavy atom. The van der Waals surface area contributed by atoms with E-state index in [9.17, 15) is 8.42 Å². The monoisotopic (exact) mass is 239 g/mol. The average molecular weight is 239 g/mol. The Morgan fingerprint density at radius 1 is 1.25 bits per heavy atom. The van der Waals surface area contributed by atoms with Crippen LogP contribution < -0.4 is 4.72 Å². The van der Waals surface area contributed by atoms with Gasteiger partial charge in [0, 0.05) is 12.0 Å². The van der Waals surface area contributed by atoms with E-state index < -0.39 is 10.0 Å². The van der Waals surface area contributed by atoms with Crippen LogP contribution in [0.15, 0.2) is 35.7 Å². The highest BCUT2D eigenvalue weighted by molar-refractivity contribution is 7.92. The molecule has 0 spiro atoms. The third kappa shape index (κ3) is 5.09. The Kier molecular flexibility index (Phi) is 4.71. The Morgan fingerprint density at radius 2 is 1.88 bits per heavy atom. The second-order valence-corrected chi connectivity index (χ2v) is 5.65. The van der Waals surface area contributed by atoms with Gasteiger partial charge in [-0.3, -0.25) is 0 Å². The van der Waals surface area contributed by atoms with Crippen LogP contribution in [0.3, 0.4) is 0 Å². The van der Waals surface area contributed by atoms with Gasteiger partial charge in [0.05, 0.1) is 0 Å². The molecule has 1 aromatic carbocycles. The number of hydrogen-bond acceptors (Lipinski definition) is 2. The number of benzene rings is 1. The topological polar surface area (TPSA) is 46.2 Å². The van der Waals surface area contributed by atoms with Crippen molar-refractivity contribution < 1.29 is 8.42 Å². The van der Waals surface area contributed by atoms with Crippen molar-refractivity contribution in [3.8, 4) is 0 Å². The summed E-state index contributed by atoms with van der Waals surface area (Å²) >= 11 is 0. The summed E-state index contributed by atoms with van der Waals surface area (Å²) in [6, 6.07) is 9.34. The highest BCUT2D eigenvalue weighted by Crippen LogP contribution is 2.02. The van der Waals surface area contributed by atoms with Crippen molar-refractivity contribution in [2.45, 2.75) is 13.8 Å². The van der Waals surface area contributed by atoms with Gasteiger partial charge in [0.15, 0.2) is 0 Å². The van der Waals surface area contributed by atoms with Gasteiger partial charge in [-0.15, -0.1) is 0 Å². The van der Waals surface area contributed by atoms with Crippen LogP contribution in [0.4, 0.5) is 0 Å². The van der Waals surface area contributed by atoms with Gasteiger partial charge in [0.1, 0.15) is 0 Å². The van der Waals surface area contributed by atoms with Crippen LogP contribution in [0, 0.1) is 5.92 Å². The van der Waals surface area contributed by atoms with E-state index in [2.05, 4.69) is 4.72 Å². The molecule has 16 heavy (non-hydrogen) atoms. The summed E-state index contributed by atoms with van der Waals surface area (Å²) in [6.07, 6.45) is 1.59. The van der Waals surface area contributed by atoms with Crippen molar-refractivity contribution in [1.82, 2.24) is 4.72 Å². The van der Waals surface area contributed by atoms with E-state index in [1.807, 2.05) is 44.2 Å². The molecule has 1 rings (SSSR count). The predicted octanol–water partition coefficient (Wildman–Crippen LogP) is 2.23. The second kappa shape index (κ2) is 5.82. The molecule has 0 unspecified atom stereocenters. The van der Waals surface area contributed by atoms with Gasteiger partial charge in [0.2, 0.25) is 10.0 Å². The van der Waals surface area contributed by atoms with Crippen molar-refractivity contribution in [1.29, 1.82) is 0 Å². The Balaban J connectivity index is 2.63. The molecule has 0 aromatic heterocycles. The first kappa shape index (κ1) is 12.9.